The van der Waals surface area contributed by atoms with Crippen LogP contribution in [0.3, 0.4) is 0 Å². The maximum Gasteiger partial charge on any atom is 0.191 e. The first kappa shape index (κ1) is 22.9. The van der Waals surface area contributed by atoms with Crippen molar-refractivity contribution in [1.82, 2.24) is 10.6 Å². The summed E-state index contributed by atoms with van der Waals surface area (Å²) in [5.74, 6) is 3.06. The molecule has 6 nitrogen and oxygen atoms in total. The number of guanidine groups is 1. The molecule has 0 heterocycles. The predicted octanol–water partition coefficient (Wildman–Crippen LogP) is 3.24. The summed E-state index contributed by atoms with van der Waals surface area (Å²) in [6, 6.07) is 13.9. The molecule has 2 rings (SSSR count). The molecule has 0 aliphatic rings. The summed E-state index contributed by atoms with van der Waals surface area (Å²) >= 11 is 0. The lowest BCUT2D eigenvalue weighted by atomic mass is 10.1. The van der Waals surface area contributed by atoms with Crippen molar-refractivity contribution < 1.29 is 14.2 Å². The molecule has 0 aliphatic heterocycles. The van der Waals surface area contributed by atoms with E-state index in [2.05, 4.69) is 27.8 Å². The van der Waals surface area contributed by atoms with Gasteiger partial charge in [0, 0.05) is 20.1 Å². The van der Waals surface area contributed by atoms with E-state index >= 15 is 0 Å². The van der Waals surface area contributed by atoms with E-state index in [1.807, 2.05) is 30.3 Å². The Kier molecular flexibility index (Phi) is 10.4. The molecule has 0 amide bonds. The van der Waals surface area contributed by atoms with Crippen LogP contribution in [0.15, 0.2) is 47.5 Å². The minimum Gasteiger partial charge on any atom is -0.497 e. The van der Waals surface area contributed by atoms with Gasteiger partial charge in [-0.05, 0) is 41.8 Å². The molecule has 0 atom stereocenters. The molecular weight excluding hydrogens is 457 g/mol. The molecule has 2 N–H and O–H groups in total. The maximum atomic E-state index is 5.33. The quantitative estimate of drug-likeness (QED) is 0.342. The number of methoxy groups -OCH3 is 3. The molecule has 2 aromatic rings. The van der Waals surface area contributed by atoms with Gasteiger partial charge >= 0.3 is 0 Å². The van der Waals surface area contributed by atoms with Crippen molar-refractivity contribution in [1.29, 1.82) is 0 Å². The van der Waals surface area contributed by atoms with Gasteiger partial charge in [0.05, 0.1) is 21.3 Å². The first-order valence-electron chi connectivity index (χ1n) is 8.48. The van der Waals surface area contributed by atoms with E-state index in [1.165, 1.54) is 5.56 Å². The van der Waals surface area contributed by atoms with Crippen LogP contribution in [-0.4, -0.2) is 40.9 Å². The van der Waals surface area contributed by atoms with Gasteiger partial charge in [-0.2, -0.15) is 0 Å². The predicted molar refractivity (Wildman–Crippen MR) is 120 cm³/mol. The van der Waals surface area contributed by atoms with Crippen LogP contribution in [0.25, 0.3) is 0 Å². The fourth-order valence-electron chi connectivity index (χ4n) is 2.51. The van der Waals surface area contributed by atoms with E-state index < -0.39 is 0 Å². The number of hydrogen-bond donors (Lipinski definition) is 2. The Labute approximate surface area is 178 Å². The topological polar surface area (TPSA) is 64.1 Å². The Morgan fingerprint density at radius 1 is 0.852 bits per heavy atom. The third-order valence-electron chi connectivity index (χ3n) is 4.00. The molecule has 2 aromatic carbocycles. The molecule has 7 heteroatoms. The first-order valence-corrected chi connectivity index (χ1v) is 8.48. The summed E-state index contributed by atoms with van der Waals surface area (Å²) in [7, 11) is 6.70. The molecule has 27 heavy (non-hydrogen) atoms. The number of rotatable bonds is 8. The lowest BCUT2D eigenvalue weighted by molar-refractivity contribution is 0.354. The van der Waals surface area contributed by atoms with Gasteiger partial charge in [0.1, 0.15) is 5.75 Å². The molecule has 0 bridgehead atoms. The maximum absolute atomic E-state index is 5.33. The highest BCUT2D eigenvalue weighted by atomic mass is 127. The minimum absolute atomic E-state index is 0. The number of nitrogens with one attached hydrogen (secondary N) is 2. The standard InChI is InChI=1S/C20H27N3O3.HI/c1-21-20(22-12-11-15-5-8-17(24-2)9-6-15)23-14-16-7-10-18(25-3)19(13-16)26-4;/h5-10,13H,11-12,14H2,1-4H3,(H2,21,22,23);1H. The van der Waals surface area contributed by atoms with E-state index in [1.54, 1.807) is 28.4 Å². The van der Waals surface area contributed by atoms with E-state index in [9.17, 15) is 0 Å². The van der Waals surface area contributed by atoms with Gasteiger partial charge in [-0.3, -0.25) is 4.99 Å². The number of nitrogens with zero attached hydrogens (tertiary/aromatic N) is 1. The van der Waals surface area contributed by atoms with Crippen molar-refractivity contribution in [2.75, 3.05) is 34.9 Å². The van der Waals surface area contributed by atoms with Crippen LogP contribution >= 0.6 is 24.0 Å². The summed E-state index contributed by atoms with van der Waals surface area (Å²) in [4.78, 5) is 4.26. The SMILES string of the molecule is CN=C(NCCc1ccc(OC)cc1)NCc1ccc(OC)c(OC)c1.I. The van der Waals surface area contributed by atoms with E-state index in [4.69, 9.17) is 14.2 Å². The number of hydrogen-bond acceptors (Lipinski definition) is 4. The van der Waals surface area contributed by atoms with Gasteiger partial charge in [-0.15, -0.1) is 24.0 Å². The summed E-state index contributed by atoms with van der Waals surface area (Å²) in [5.41, 5.74) is 2.33. The summed E-state index contributed by atoms with van der Waals surface area (Å²) in [6.07, 6.45) is 0.904. The second-order valence-corrected chi connectivity index (χ2v) is 5.64. The molecule has 0 aromatic heterocycles. The molecule has 148 valence electrons. The van der Waals surface area contributed by atoms with Gasteiger partial charge < -0.3 is 24.8 Å². The van der Waals surface area contributed by atoms with Gasteiger partial charge in [0.2, 0.25) is 0 Å². The first-order chi connectivity index (χ1) is 12.7. The molecular formula is C20H28IN3O3. The molecule has 0 unspecified atom stereocenters. The Morgan fingerprint density at radius 2 is 1.52 bits per heavy atom. The molecule has 0 fully saturated rings. The average molecular weight is 485 g/mol. The molecule has 0 saturated carbocycles. The van der Waals surface area contributed by atoms with Crippen molar-refractivity contribution in [3.8, 4) is 17.2 Å². The second-order valence-electron chi connectivity index (χ2n) is 5.64. The second kappa shape index (κ2) is 12.3. The van der Waals surface area contributed by atoms with Crippen LogP contribution in [0.2, 0.25) is 0 Å². The molecule has 0 radical (unpaired) electrons. The molecule has 0 saturated heterocycles. The number of aliphatic imine (C=N–C) groups is 1. The summed E-state index contributed by atoms with van der Waals surface area (Å²) in [6.45, 7) is 1.43. The summed E-state index contributed by atoms with van der Waals surface area (Å²) in [5, 5.41) is 6.62. The van der Waals surface area contributed by atoms with E-state index in [0.29, 0.717) is 12.3 Å². The Bertz CT molecular complexity index is 721. The zero-order valence-electron chi connectivity index (χ0n) is 16.2. The smallest absolute Gasteiger partial charge is 0.191 e. The highest BCUT2D eigenvalue weighted by Crippen LogP contribution is 2.27. The van der Waals surface area contributed by atoms with Crippen LogP contribution in [0.1, 0.15) is 11.1 Å². The molecule has 0 spiro atoms. The zero-order chi connectivity index (χ0) is 18.8. The van der Waals surface area contributed by atoms with Crippen molar-refractivity contribution in [3.05, 3.63) is 53.6 Å². The number of benzene rings is 2. The fourth-order valence-corrected chi connectivity index (χ4v) is 2.51. The highest BCUT2D eigenvalue weighted by Gasteiger charge is 2.05. The summed E-state index contributed by atoms with van der Waals surface area (Å²) < 4.78 is 15.8. The Morgan fingerprint density at radius 3 is 2.11 bits per heavy atom. The number of halogens is 1. The zero-order valence-corrected chi connectivity index (χ0v) is 18.6. The van der Waals surface area contributed by atoms with E-state index in [-0.39, 0.29) is 24.0 Å². The average Bonchev–Trinajstić information content (AvgIpc) is 2.70. The van der Waals surface area contributed by atoms with Gasteiger partial charge in [-0.1, -0.05) is 18.2 Å². The normalized spacial score (nSPS) is 10.6. The highest BCUT2D eigenvalue weighted by molar-refractivity contribution is 14.0. The van der Waals surface area contributed by atoms with Crippen LogP contribution in [-0.2, 0) is 13.0 Å². The fraction of sp³-hybridized carbons (Fsp3) is 0.350. The van der Waals surface area contributed by atoms with Crippen LogP contribution in [0, 0.1) is 0 Å². The third kappa shape index (κ3) is 7.16. The third-order valence-corrected chi connectivity index (χ3v) is 4.00. The van der Waals surface area contributed by atoms with Gasteiger partial charge in [0.25, 0.3) is 0 Å². The number of ether oxygens (including phenoxy) is 3. The minimum atomic E-state index is 0. The van der Waals surface area contributed by atoms with Crippen molar-refractivity contribution in [3.63, 3.8) is 0 Å². The lowest BCUT2D eigenvalue weighted by Gasteiger charge is -2.13. The van der Waals surface area contributed by atoms with Crippen LogP contribution < -0.4 is 24.8 Å². The lowest BCUT2D eigenvalue weighted by Crippen LogP contribution is -2.37. The van der Waals surface area contributed by atoms with Gasteiger partial charge in [0.15, 0.2) is 17.5 Å². The van der Waals surface area contributed by atoms with Crippen LogP contribution in [0.4, 0.5) is 0 Å². The molecule has 0 aliphatic carbocycles. The largest absolute Gasteiger partial charge is 0.497 e. The van der Waals surface area contributed by atoms with Crippen molar-refractivity contribution >= 4 is 29.9 Å². The van der Waals surface area contributed by atoms with Crippen LogP contribution in [0.5, 0.6) is 17.2 Å². The monoisotopic (exact) mass is 485 g/mol. The van der Waals surface area contributed by atoms with E-state index in [0.717, 1.165) is 36.0 Å². The Balaban J connectivity index is 0.00000364. The Hall–Kier alpha value is -2.16. The van der Waals surface area contributed by atoms with Gasteiger partial charge in [-0.25, -0.2) is 0 Å². The van der Waals surface area contributed by atoms with Crippen molar-refractivity contribution in [2.45, 2.75) is 13.0 Å². The van der Waals surface area contributed by atoms with Crippen molar-refractivity contribution in [2.24, 2.45) is 4.99 Å².